The zero-order chi connectivity index (χ0) is 19.5. The van der Waals surface area contributed by atoms with Gasteiger partial charge in [-0.3, -0.25) is 4.79 Å². The molecule has 150 valence electrons. The summed E-state index contributed by atoms with van der Waals surface area (Å²) in [6.07, 6.45) is 4.47. The fourth-order valence-electron chi connectivity index (χ4n) is 4.19. The number of amides is 1. The van der Waals surface area contributed by atoms with Gasteiger partial charge in [-0.2, -0.15) is 0 Å². The molecule has 2 saturated heterocycles. The van der Waals surface area contributed by atoms with Gasteiger partial charge in [0.05, 0.1) is 11.7 Å². The normalized spacial score (nSPS) is 19.0. The van der Waals surface area contributed by atoms with E-state index < -0.39 is 0 Å². The number of carbonyl (C=O) groups is 1. The molecule has 2 N–H and O–H groups in total. The smallest absolute Gasteiger partial charge is 0.278 e. The molecule has 3 heterocycles. The molecule has 1 aromatic carbocycles. The zero-order valence-corrected chi connectivity index (χ0v) is 16.8. The van der Waals surface area contributed by atoms with E-state index in [0.29, 0.717) is 11.7 Å². The van der Waals surface area contributed by atoms with E-state index in [1.807, 2.05) is 23.7 Å². The number of nitrogens with one attached hydrogen (secondary N) is 2. The SMILES string of the molecule is Cc1c(C(=O)Nc2cccc(N3CCC(C)CC3)c2)nnn1C1CCNCC1. The minimum atomic E-state index is -0.192. The Morgan fingerprint density at radius 2 is 1.93 bits per heavy atom. The summed E-state index contributed by atoms with van der Waals surface area (Å²) in [4.78, 5) is 15.2. The van der Waals surface area contributed by atoms with E-state index in [4.69, 9.17) is 0 Å². The maximum absolute atomic E-state index is 12.8. The van der Waals surface area contributed by atoms with Crippen molar-refractivity contribution in [1.29, 1.82) is 0 Å². The summed E-state index contributed by atoms with van der Waals surface area (Å²) in [7, 11) is 0. The van der Waals surface area contributed by atoms with Crippen molar-refractivity contribution < 1.29 is 4.79 Å². The molecule has 7 nitrogen and oxygen atoms in total. The third-order valence-corrected chi connectivity index (χ3v) is 6.05. The van der Waals surface area contributed by atoms with Gasteiger partial charge in [-0.25, -0.2) is 4.68 Å². The van der Waals surface area contributed by atoms with Gasteiger partial charge in [-0.05, 0) is 69.8 Å². The molecule has 0 radical (unpaired) electrons. The van der Waals surface area contributed by atoms with Crippen LogP contribution in [0.3, 0.4) is 0 Å². The third kappa shape index (κ3) is 4.04. The molecule has 0 saturated carbocycles. The van der Waals surface area contributed by atoms with Gasteiger partial charge in [0.2, 0.25) is 0 Å². The van der Waals surface area contributed by atoms with E-state index in [1.165, 1.54) is 18.5 Å². The molecule has 0 bridgehead atoms. The van der Waals surface area contributed by atoms with Crippen molar-refractivity contribution in [2.75, 3.05) is 36.4 Å². The van der Waals surface area contributed by atoms with Crippen molar-refractivity contribution in [2.24, 2.45) is 5.92 Å². The summed E-state index contributed by atoms with van der Waals surface area (Å²) in [6, 6.07) is 8.42. The quantitative estimate of drug-likeness (QED) is 0.850. The number of nitrogens with zero attached hydrogens (tertiary/aromatic N) is 4. The maximum Gasteiger partial charge on any atom is 0.278 e. The van der Waals surface area contributed by atoms with Crippen LogP contribution in [0, 0.1) is 12.8 Å². The highest BCUT2D eigenvalue weighted by Crippen LogP contribution is 2.26. The fraction of sp³-hybridized carbons (Fsp3) is 0.571. The number of piperidine rings is 2. The number of benzene rings is 1. The van der Waals surface area contributed by atoms with Gasteiger partial charge >= 0.3 is 0 Å². The van der Waals surface area contributed by atoms with Gasteiger partial charge in [-0.15, -0.1) is 5.10 Å². The summed E-state index contributed by atoms with van der Waals surface area (Å²) < 4.78 is 1.92. The lowest BCUT2D eigenvalue weighted by molar-refractivity contribution is 0.102. The fourth-order valence-corrected chi connectivity index (χ4v) is 4.19. The van der Waals surface area contributed by atoms with Crippen LogP contribution in [-0.4, -0.2) is 47.1 Å². The molecule has 0 atom stereocenters. The molecule has 1 aromatic heterocycles. The first kappa shape index (κ1) is 18.9. The highest BCUT2D eigenvalue weighted by Gasteiger charge is 2.23. The summed E-state index contributed by atoms with van der Waals surface area (Å²) in [6.45, 7) is 8.35. The third-order valence-electron chi connectivity index (χ3n) is 6.05. The lowest BCUT2D eigenvalue weighted by Gasteiger charge is -2.32. The molecule has 2 fully saturated rings. The number of aromatic nitrogens is 3. The second-order valence-corrected chi connectivity index (χ2v) is 8.12. The molecule has 0 unspecified atom stereocenters. The summed E-state index contributed by atoms with van der Waals surface area (Å²) in [5.74, 6) is 0.603. The highest BCUT2D eigenvalue weighted by molar-refractivity contribution is 6.03. The van der Waals surface area contributed by atoms with Crippen molar-refractivity contribution in [2.45, 2.75) is 45.6 Å². The average Bonchev–Trinajstić information content (AvgIpc) is 3.11. The molecule has 28 heavy (non-hydrogen) atoms. The highest BCUT2D eigenvalue weighted by atomic mass is 16.2. The number of anilines is 2. The summed E-state index contributed by atoms with van der Waals surface area (Å²) in [5, 5.41) is 14.8. The Hall–Kier alpha value is -2.41. The van der Waals surface area contributed by atoms with Crippen molar-refractivity contribution in [1.82, 2.24) is 20.3 Å². The topological polar surface area (TPSA) is 75.1 Å². The largest absolute Gasteiger partial charge is 0.371 e. The average molecular weight is 383 g/mol. The molecule has 0 spiro atoms. The molecular weight excluding hydrogens is 352 g/mol. The van der Waals surface area contributed by atoms with Crippen LogP contribution in [0.25, 0.3) is 0 Å². The van der Waals surface area contributed by atoms with E-state index >= 15 is 0 Å². The Balaban J connectivity index is 1.45. The van der Waals surface area contributed by atoms with Crippen LogP contribution < -0.4 is 15.5 Å². The van der Waals surface area contributed by atoms with Crippen LogP contribution in [0.1, 0.15) is 54.8 Å². The van der Waals surface area contributed by atoms with Crippen molar-refractivity contribution in [3.63, 3.8) is 0 Å². The molecule has 7 heteroatoms. The Morgan fingerprint density at radius 1 is 1.18 bits per heavy atom. The van der Waals surface area contributed by atoms with Gasteiger partial charge in [-0.1, -0.05) is 18.2 Å². The number of rotatable bonds is 4. The molecule has 4 rings (SSSR count). The Morgan fingerprint density at radius 3 is 2.68 bits per heavy atom. The predicted octanol–water partition coefficient (Wildman–Crippen LogP) is 3.00. The predicted molar refractivity (Wildman–Crippen MR) is 111 cm³/mol. The molecule has 1 amide bonds. The van der Waals surface area contributed by atoms with E-state index in [1.54, 1.807) is 0 Å². The lowest BCUT2D eigenvalue weighted by Crippen LogP contribution is -2.32. The van der Waals surface area contributed by atoms with Crippen molar-refractivity contribution >= 4 is 17.3 Å². The maximum atomic E-state index is 12.8. The standard InChI is InChI=1S/C21H30N6O/c1-15-8-12-26(13-9-15)19-5-3-4-17(14-19)23-21(28)20-16(2)27(25-24-20)18-6-10-22-11-7-18/h3-5,14-15,18,22H,6-13H2,1-2H3,(H,23,28). The minimum Gasteiger partial charge on any atom is -0.371 e. The monoisotopic (exact) mass is 382 g/mol. The van der Waals surface area contributed by atoms with Crippen LogP contribution in [0.5, 0.6) is 0 Å². The first-order valence-corrected chi connectivity index (χ1v) is 10.4. The second kappa shape index (κ2) is 8.31. The van der Waals surface area contributed by atoms with Crippen molar-refractivity contribution in [3.05, 3.63) is 35.7 Å². The van der Waals surface area contributed by atoms with Crippen LogP contribution in [0.2, 0.25) is 0 Å². The zero-order valence-electron chi connectivity index (χ0n) is 16.8. The van der Waals surface area contributed by atoms with E-state index in [2.05, 4.69) is 44.9 Å². The number of carbonyl (C=O) groups excluding carboxylic acids is 1. The van der Waals surface area contributed by atoms with Crippen LogP contribution in [0.4, 0.5) is 11.4 Å². The van der Waals surface area contributed by atoms with E-state index in [-0.39, 0.29) is 5.91 Å². The van der Waals surface area contributed by atoms with Crippen LogP contribution in [-0.2, 0) is 0 Å². The summed E-state index contributed by atoms with van der Waals surface area (Å²) in [5.41, 5.74) is 3.22. The van der Waals surface area contributed by atoms with Crippen molar-refractivity contribution in [3.8, 4) is 0 Å². The Bertz CT molecular complexity index is 818. The molecular formula is C21H30N6O. The lowest BCUT2D eigenvalue weighted by atomic mass is 9.99. The minimum absolute atomic E-state index is 0.192. The Labute approximate surface area is 166 Å². The van der Waals surface area contributed by atoms with Gasteiger partial charge in [0.25, 0.3) is 5.91 Å². The van der Waals surface area contributed by atoms with Gasteiger partial charge in [0, 0.05) is 24.5 Å². The Kier molecular flexibility index (Phi) is 5.62. The molecule has 0 aliphatic carbocycles. The van der Waals surface area contributed by atoms with E-state index in [9.17, 15) is 4.79 Å². The molecule has 2 aliphatic rings. The van der Waals surface area contributed by atoms with Gasteiger partial charge < -0.3 is 15.5 Å². The van der Waals surface area contributed by atoms with Gasteiger partial charge in [0.1, 0.15) is 0 Å². The number of hydrogen-bond acceptors (Lipinski definition) is 5. The van der Waals surface area contributed by atoms with Crippen LogP contribution in [0.15, 0.2) is 24.3 Å². The number of hydrogen-bond donors (Lipinski definition) is 2. The van der Waals surface area contributed by atoms with Gasteiger partial charge in [0.15, 0.2) is 5.69 Å². The van der Waals surface area contributed by atoms with E-state index in [0.717, 1.165) is 56.3 Å². The molecule has 2 aromatic rings. The summed E-state index contributed by atoms with van der Waals surface area (Å²) >= 11 is 0. The second-order valence-electron chi connectivity index (χ2n) is 8.12. The van der Waals surface area contributed by atoms with Crippen LogP contribution >= 0.6 is 0 Å². The first-order chi connectivity index (χ1) is 13.6. The molecule has 2 aliphatic heterocycles. The first-order valence-electron chi connectivity index (χ1n) is 10.4.